The lowest BCUT2D eigenvalue weighted by atomic mass is 9.75. The van der Waals surface area contributed by atoms with Crippen LogP contribution in [0.3, 0.4) is 0 Å². The Balaban J connectivity index is 0.887. The van der Waals surface area contributed by atoms with Crippen LogP contribution in [-0.2, 0) is 25.6 Å². The number of carbonyl (C=O) groups excluding carboxylic acids is 3. The minimum absolute atomic E-state index is 0.0284. The number of imidazole rings is 1. The Morgan fingerprint density at radius 1 is 0.898 bits per heavy atom. The first-order valence-corrected chi connectivity index (χ1v) is 21.0. The summed E-state index contributed by atoms with van der Waals surface area (Å²) in [5, 5.41) is 5.93. The van der Waals surface area contributed by atoms with Crippen molar-refractivity contribution in [2.45, 2.75) is 89.9 Å². The van der Waals surface area contributed by atoms with Crippen LogP contribution in [0.15, 0.2) is 84.2 Å². The van der Waals surface area contributed by atoms with Crippen LogP contribution in [0.4, 0.5) is 4.79 Å². The molecular weight excluding hydrogens is 743 g/mol. The molecule has 1 saturated heterocycles. The Hall–Kier alpha value is -5.62. The number of pyridine rings is 1. The number of allylic oxidation sites excluding steroid dienone is 1. The molecule has 3 amide bonds. The number of aliphatic imine (C=N–C) groups is 1. The van der Waals surface area contributed by atoms with Gasteiger partial charge in [0.15, 0.2) is 0 Å². The molecule has 12 heteroatoms. The van der Waals surface area contributed by atoms with Crippen LogP contribution < -0.4 is 10.6 Å². The van der Waals surface area contributed by atoms with Crippen molar-refractivity contribution in [3.05, 3.63) is 102 Å². The summed E-state index contributed by atoms with van der Waals surface area (Å²) in [7, 11) is 2.78. The topological polar surface area (TPSA) is 151 Å². The van der Waals surface area contributed by atoms with Gasteiger partial charge in [-0.15, -0.1) is 0 Å². The van der Waals surface area contributed by atoms with E-state index in [1.807, 2.05) is 24.7 Å². The van der Waals surface area contributed by atoms with Crippen LogP contribution in [0.5, 0.6) is 0 Å². The third kappa shape index (κ3) is 8.19. The minimum atomic E-state index is -0.883. The van der Waals surface area contributed by atoms with Crippen molar-refractivity contribution in [1.29, 1.82) is 0 Å². The molecule has 2 saturated carbocycles. The SMILES string of the molecule is COC(=O)N[C@H](C(=O)N1CCC[C@H]1c1ncc(-c2ccc(-c3ccc(C4=CN=C(C5C6CCC(C6)[C@@H]5C(=O)NCc5cccnc5C(C)C)C4)cc3)cc2)[nH]1)[C@@H](C)OC. The summed E-state index contributed by atoms with van der Waals surface area (Å²) in [5.74, 6) is 2.04. The van der Waals surface area contributed by atoms with Crippen LogP contribution in [0, 0.1) is 23.7 Å². The van der Waals surface area contributed by atoms with Gasteiger partial charge in [-0.25, -0.2) is 9.78 Å². The maximum atomic E-state index is 13.8. The summed E-state index contributed by atoms with van der Waals surface area (Å²) in [6, 6.07) is 19.9. The lowest BCUT2D eigenvalue weighted by Crippen LogP contribution is -2.54. The lowest BCUT2D eigenvalue weighted by Gasteiger charge is -2.30. The normalized spacial score (nSPS) is 23.2. The summed E-state index contributed by atoms with van der Waals surface area (Å²) in [6.07, 6.45) is 10.2. The molecule has 12 nitrogen and oxygen atoms in total. The van der Waals surface area contributed by atoms with Gasteiger partial charge in [-0.1, -0.05) is 68.4 Å². The Morgan fingerprint density at radius 2 is 1.61 bits per heavy atom. The van der Waals surface area contributed by atoms with Gasteiger partial charge in [0.2, 0.25) is 11.8 Å². The van der Waals surface area contributed by atoms with Crippen molar-refractivity contribution in [3.8, 4) is 22.4 Å². The quantitative estimate of drug-likeness (QED) is 0.125. The molecule has 2 aliphatic carbocycles. The maximum Gasteiger partial charge on any atom is 0.407 e. The molecule has 2 aromatic carbocycles. The van der Waals surface area contributed by atoms with Crippen molar-refractivity contribution in [1.82, 2.24) is 30.5 Å². The standard InChI is InChI=1S/C47H55N7O5/c1-27(2)42-35(8-6-20-48-42)24-51-45(55)41-34-19-18-33(22-34)40(41)37-23-36(25-49-37)31-12-10-29(11-13-31)30-14-16-32(17-15-30)38-26-50-44(52-38)39-9-7-21-54(39)46(56)43(28(3)58-4)53-47(57)59-5/h6,8,10-17,20,25-28,33-34,39-41,43H,7,9,18-19,21-24H2,1-5H3,(H,50,52)(H,51,55)(H,53,57)/t28-,33?,34?,39+,40?,41+,43+/m1/s1. The number of nitrogens with zero attached hydrogens (tertiary/aromatic N) is 4. The van der Waals surface area contributed by atoms with Gasteiger partial charge in [0.25, 0.3) is 0 Å². The third-order valence-corrected chi connectivity index (χ3v) is 13.1. The summed E-state index contributed by atoms with van der Waals surface area (Å²) >= 11 is 0. The molecule has 4 aromatic rings. The molecule has 3 N–H and O–H groups in total. The molecule has 4 aliphatic rings. The van der Waals surface area contributed by atoms with Gasteiger partial charge in [-0.3, -0.25) is 19.6 Å². The molecule has 2 aromatic heterocycles. The summed E-state index contributed by atoms with van der Waals surface area (Å²) in [4.78, 5) is 59.0. The molecule has 3 unspecified atom stereocenters. The largest absolute Gasteiger partial charge is 0.453 e. The van der Waals surface area contributed by atoms with E-state index < -0.39 is 18.2 Å². The van der Waals surface area contributed by atoms with Gasteiger partial charge < -0.3 is 30.0 Å². The monoisotopic (exact) mass is 797 g/mol. The molecule has 7 atom stereocenters. The lowest BCUT2D eigenvalue weighted by molar-refractivity contribution is -0.137. The number of rotatable bonds is 13. The molecule has 59 heavy (non-hydrogen) atoms. The van der Waals surface area contributed by atoms with E-state index in [9.17, 15) is 14.4 Å². The number of amides is 3. The Bertz CT molecular complexity index is 2230. The average Bonchev–Trinajstić information content (AvgIpc) is 4.13. The van der Waals surface area contributed by atoms with Crippen molar-refractivity contribution >= 4 is 29.2 Å². The van der Waals surface area contributed by atoms with E-state index in [1.54, 1.807) is 11.8 Å². The number of alkyl carbamates (subject to hydrolysis) is 1. The van der Waals surface area contributed by atoms with Crippen molar-refractivity contribution < 1.29 is 23.9 Å². The summed E-state index contributed by atoms with van der Waals surface area (Å²) < 4.78 is 10.2. The number of benzene rings is 2. The van der Waals surface area contributed by atoms with Crippen molar-refractivity contribution in [2.24, 2.45) is 28.7 Å². The number of nitrogens with one attached hydrogen (secondary N) is 3. The van der Waals surface area contributed by atoms with Gasteiger partial charge in [-0.2, -0.15) is 0 Å². The Labute approximate surface area is 346 Å². The predicted octanol–water partition coefficient (Wildman–Crippen LogP) is 7.85. The number of ether oxygens (including phenoxy) is 2. The van der Waals surface area contributed by atoms with Crippen molar-refractivity contribution in [3.63, 3.8) is 0 Å². The zero-order chi connectivity index (χ0) is 41.2. The van der Waals surface area contributed by atoms with Crippen LogP contribution in [-0.4, -0.2) is 76.4 Å². The molecule has 3 fully saturated rings. The van der Waals surface area contributed by atoms with E-state index in [0.29, 0.717) is 36.7 Å². The van der Waals surface area contributed by atoms with Gasteiger partial charge in [-0.05, 0) is 96.2 Å². The second-order valence-electron chi connectivity index (χ2n) is 16.8. The highest BCUT2D eigenvalue weighted by Gasteiger charge is 2.52. The van der Waals surface area contributed by atoms with Crippen LogP contribution >= 0.6 is 0 Å². The Morgan fingerprint density at radius 3 is 2.32 bits per heavy atom. The smallest absolute Gasteiger partial charge is 0.407 e. The zero-order valence-electron chi connectivity index (χ0n) is 34.6. The van der Waals surface area contributed by atoms with E-state index in [2.05, 4.69) is 94.0 Å². The van der Waals surface area contributed by atoms with E-state index >= 15 is 0 Å². The highest BCUT2D eigenvalue weighted by atomic mass is 16.5. The highest BCUT2D eigenvalue weighted by Crippen LogP contribution is 2.54. The van der Waals surface area contributed by atoms with Gasteiger partial charge >= 0.3 is 6.09 Å². The molecule has 2 bridgehead atoms. The van der Waals surface area contributed by atoms with E-state index in [-0.39, 0.29) is 29.7 Å². The van der Waals surface area contributed by atoms with Crippen LogP contribution in [0.25, 0.3) is 28.0 Å². The zero-order valence-corrected chi connectivity index (χ0v) is 34.6. The van der Waals surface area contributed by atoms with Gasteiger partial charge in [0, 0.05) is 62.3 Å². The van der Waals surface area contributed by atoms with E-state index in [4.69, 9.17) is 14.5 Å². The number of hydrogen-bond donors (Lipinski definition) is 3. The molecule has 308 valence electrons. The number of fused-ring (bicyclic) bond motifs is 2. The first kappa shape index (κ1) is 40.2. The summed E-state index contributed by atoms with van der Waals surface area (Å²) in [6.45, 7) is 7.09. The highest BCUT2D eigenvalue weighted by molar-refractivity contribution is 6.02. The van der Waals surface area contributed by atoms with E-state index in [0.717, 1.165) is 77.0 Å². The van der Waals surface area contributed by atoms with Gasteiger partial charge in [0.05, 0.1) is 31.1 Å². The third-order valence-electron chi connectivity index (χ3n) is 13.1. The molecule has 8 rings (SSSR count). The van der Waals surface area contributed by atoms with Crippen LogP contribution in [0.1, 0.15) is 93.9 Å². The fourth-order valence-corrected chi connectivity index (χ4v) is 9.96. The number of methoxy groups -OCH3 is 2. The molecule has 0 spiro atoms. The average molecular weight is 798 g/mol. The van der Waals surface area contributed by atoms with Crippen molar-refractivity contribution in [2.75, 3.05) is 20.8 Å². The predicted molar refractivity (Wildman–Crippen MR) is 227 cm³/mol. The number of hydrogen-bond acceptors (Lipinski definition) is 8. The second kappa shape index (κ2) is 17.3. The minimum Gasteiger partial charge on any atom is -0.453 e. The molecule has 4 heterocycles. The molecular formula is C47H55N7O5. The first-order valence-electron chi connectivity index (χ1n) is 21.0. The molecule has 2 aliphatic heterocycles. The number of aromatic amines is 1. The van der Waals surface area contributed by atoms with Gasteiger partial charge in [0.1, 0.15) is 11.9 Å². The maximum absolute atomic E-state index is 13.8. The fraction of sp³-hybridized carbons (Fsp3) is 0.447. The number of aromatic nitrogens is 3. The number of carbonyl (C=O) groups is 3. The number of likely N-dealkylation sites (tertiary alicyclic amines) is 1. The van der Waals surface area contributed by atoms with Crippen LogP contribution in [0.2, 0.25) is 0 Å². The number of H-pyrrole nitrogens is 1. The van der Waals surface area contributed by atoms with E-state index in [1.165, 1.54) is 26.2 Å². The summed E-state index contributed by atoms with van der Waals surface area (Å²) in [5.41, 5.74) is 9.71. The second-order valence-corrected chi connectivity index (χ2v) is 16.8. The first-order chi connectivity index (χ1) is 28.6. The Kier molecular flexibility index (Phi) is 11.8. The molecule has 0 radical (unpaired) electrons. The fourth-order valence-electron chi connectivity index (χ4n) is 9.96.